The van der Waals surface area contributed by atoms with E-state index in [4.69, 9.17) is 0 Å². The standard InChI is InChI=1S/C15H17N3O.C2H6/c1-11-2-4-12(5-3-11)10-18-15(19)14-9-16-7-6-13(14)8-17-18;1-2/h2-5,8,16H,6-7,9-10H2,1H3;1-2H3. The average molecular weight is 285 g/mol. The highest BCUT2D eigenvalue weighted by molar-refractivity contribution is 5.25. The molecule has 0 saturated carbocycles. The van der Waals surface area contributed by atoms with E-state index in [9.17, 15) is 4.79 Å². The number of benzene rings is 1. The molecule has 4 nitrogen and oxygen atoms in total. The molecule has 0 unspecified atom stereocenters. The second kappa shape index (κ2) is 7.18. The molecule has 0 bridgehead atoms. The van der Waals surface area contributed by atoms with Crippen LogP contribution in [0.5, 0.6) is 0 Å². The van der Waals surface area contributed by atoms with Crippen molar-refractivity contribution in [2.24, 2.45) is 0 Å². The number of rotatable bonds is 2. The van der Waals surface area contributed by atoms with Crippen molar-refractivity contribution in [1.82, 2.24) is 15.1 Å². The van der Waals surface area contributed by atoms with E-state index in [2.05, 4.69) is 29.5 Å². The van der Waals surface area contributed by atoms with Crippen molar-refractivity contribution in [3.05, 3.63) is 63.1 Å². The third-order valence-electron chi connectivity index (χ3n) is 3.56. The van der Waals surface area contributed by atoms with Crippen LogP contribution in [-0.2, 0) is 19.5 Å². The summed E-state index contributed by atoms with van der Waals surface area (Å²) in [5, 5.41) is 7.52. The Hall–Kier alpha value is -1.94. The smallest absolute Gasteiger partial charge is 0.271 e. The number of hydrogen-bond donors (Lipinski definition) is 1. The van der Waals surface area contributed by atoms with Gasteiger partial charge in [-0.1, -0.05) is 43.7 Å². The molecule has 0 amide bonds. The minimum Gasteiger partial charge on any atom is -0.312 e. The molecule has 0 saturated heterocycles. The lowest BCUT2D eigenvalue weighted by Gasteiger charge is -2.17. The first-order valence-electron chi connectivity index (χ1n) is 7.58. The fourth-order valence-electron chi connectivity index (χ4n) is 2.38. The summed E-state index contributed by atoms with van der Waals surface area (Å²) in [5.41, 5.74) is 4.31. The number of nitrogens with zero attached hydrogens (tertiary/aromatic N) is 2. The summed E-state index contributed by atoms with van der Waals surface area (Å²) in [4.78, 5) is 12.3. The highest BCUT2D eigenvalue weighted by Gasteiger charge is 2.14. The van der Waals surface area contributed by atoms with Gasteiger partial charge < -0.3 is 5.32 Å². The zero-order valence-corrected chi connectivity index (χ0v) is 13.0. The van der Waals surface area contributed by atoms with Crippen LogP contribution in [0, 0.1) is 6.92 Å². The molecule has 3 rings (SSSR count). The van der Waals surface area contributed by atoms with Crippen molar-refractivity contribution in [2.45, 2.75) is 40.3 Å². The van der Waals surface area contributed by atoms with Gasteiger partial charge in [0.1, 0.15) is 0 Å². The second-order valence-corrected chi connectivity index (χ2v) is 5.02. The summed E-state index contributed by atoms with van der Waals surface area (Å²) >= 11 is 0. The fourth-order valence-corrected chi connectivity index (χ4v) is 2.38. The van der Waals surface area contributed by atoms with Gasteiger partial charge in [-0.15, -0.1) is 0 Å². The van der Waals surface area contributed by atoms with Crippen LogP contribution in [0.4, 0.5) is 0 Å². The first-order valence-corrected chi connectivity index (χ1v) is 7.58. The summed E-state index contributed by atoms with van der Waals surface area (Å²) in [6, 6.07) is 8.20. The number of hydrogen-bond acceptors (Lipinski definition) is 3. The molecule has 1 N–H and O–H groups in total. The monoisotopic (exact) mass is 285 g/mol. The lowest BCUT2D eigenvalue weighted by atomic mass is 10.1. The van der Waals surface area contributed by atoms with E-state index < -0.39 is 0 Å². The maximum Gasteiger partial charge on any atom is 0.271 e. The van der Waals surface area contributed by atoms with Gasteiger partial charge >= 0.3 is 0 Å². The Morgan fingerprint density at radius 3 is 2.67 bits per heavy atom. The predicted molar refractivity (Wildman–Crippen MR) is 85.5 cm³/mol. The van der Waals surface area contributed by atoms with Crippen LogP contribution in [-0.4, -0.2) is 16.3 Å². The second-order valence-electron chi connectivity index (χ2n) is 5.02. The van der Waals surface area contributed by atoms with E-state index >= 15 is 0 Å². The molecule has 1 aromatic carbocycles. The van der Waals surface area contributed by atoms with E-state index in [-0.39, 0.29) is 5.56 Å². The molecule has 0 spiro atoms. The van der Waals surface area contributed by atoms with Crippen LogP contribution < -0.4 is 10.9 Å². The molecular formula is C17H23N3O. The lowest BCUT2D eigenvalue weighted by molar-refractivity contribution is 0.576. The van der Waals surface area contributed by atoms with Gasteiger partial charge in [-0.2, -0.15) is 5.10 Å². The van der Waals surface area contributed by atoms with Gasteiger partial charge in [0.05, 0.1) is 12.7 Å². The predicted octanol–water partition coefficient (Wildman–Crippen LogP) is 2.27. The van der Waals surface area contributed by atoms with E-state index in [1.807, 2.05) is 32.2 Å². The summed E-state index contributed by atoms with van der Waals surface area (Å²) in [6.45, 7) is 8.17. The van der Waals surface area contributed by atoms with Crippen molar-refractivity contribution >= 4 is 0 Å². The normalized spacial score (nSPS) is 13.1. The van der Waals surface area contributed by atoms with Gasteiger partial charge in [-0.05, 0) is 31.0 Å². The Labute approximate surface area is 125 Å². The van der Waals surface area contributed by atoms with Crippen LogP contribution in [0.2, 0.25) is 0 Å². The van der Waals surface area contributed by atoms with Crippen molar-refractivity contribution < 1.29 is 0 Å². The maximum absolute atomic E-state index is 12.3. The van der Waals surface area contributed by atoms with Gasteiger partial charge in [0.25, 0.3) is 5.56 Å². The molecule has 1 aliphatic heterocycles. The SMILES string of the molecule is CC.Cc1ccc(Cn2ncc3c(c2=O)CNCC3)cc1. The third-order valence-corrected chi connectivity index (χ3v) is 3.56. The van der Waals surface area contributed by atoms with Crippen LogP contribution in [0.1, 0.15) is 36.1 Å². The molecule has 0 radical (unpaired) electrons. The van der Waals surface area contributed by atoms with Crippen LogP contribution in [0.25, 0.3) is 0 Å². The number of aromatic nitrogens is 2. The molecule has 2 aromatic rings. The minimum atomic E-state index is 0.0327. The molecule has 112 valence electrons. The van der Waals surface area contributed by atoms with E-state index in [1.165, 1.54) is 5.56 Å². The summed E-state index contributed by atoms with van der Waals surface area (Å²) in [7, 11) is 0. The summed E-state index contributed by atoms with van der Waals surface area (Å²) < 4.78 is 1.55. The van der Waals surface area contributed by atoms with Gasteiger partial charge in [-0.3, -0.25) is 4.79 Å². The van der Waals surface area contributed by atoms with Crippen molar-refractivity contribution in [1.29, 1.82) is 0 Å². The lowest BCUT2D eigenvalue weighted by Crippen LogP contribution is -2.35. The van der Waals surface area contributed by atoms with Gasteiger partial charge in [0, 0.05) is 12.1 Å². The first-order chi connectivity index (χ1) is 10.2. The van der Waals surface area contributed by atoms with E-state index in [1.54, 1.807) is 4.68 Å². The average Bonchev–Trinajstić information content (AvgIpc) is 2.54. The molecule has 0 atom stereocenters. The van der Waals surface area contributed by atoms with E-state index in [0.717, 1.165) is 29.7 Å². The molecule has 4 heteroatoms. The molecule has 0 fully saturated rings. The Kier molecular flexibility index (Phi) is 5.28. The number of aryl methyl sites for hydroxylation is 1. The minimum absolute atomic E-state index is 0.0327. The first kappa shape index (κ1) is 15.4. The van der Waals surface area contributed by atoms with Gasteiger partial charge in [-0.25, -0.2) is 4.68 Å². The quantitative estimate of drug-likeness (QED) is 0.921. The maximum atomic E-state index is 12.3. The third kappa shape index (κ3) is 3.58. The van der Waals surface area contributed by atoms with E-state index in [0.29, 0.717) is 13.1 Å². The van der Waals surface area contributed by atoms with Gasteiger partial charge in [0.2, 0.25) is 0 Å². The Morgan fingerprint density at radius 2 is 1.95 bits per heavy atom. The molecule has 1 aliphatic rings. The zero-order valence-electron chi connectivity index (χ0n) is 13.0. The van der Waals surface area contributed by atoms with Crippen LogP contribution in [0.15, 0.2) is 35.3 Å². The molecule has 1 aromatic heterocycles. The number of nitrogens with one attached hydrogen (secondary N) is 1. The Bertz CT molecular complexity index is 644. The Morgan fingerprint density at radius 1 is 1.24 bits per heavy atom. The van der Waals surface area contributed by atoms with Crippen molar-refractivity contribution in [2.75, 3.05) is 6.54 Å². The highest BCUT2D eigenvalue weighted by atomic mass is 16.1. The highest BCUT2D eigenvalue weighted by Crippen LogP contribution is 2.08. The van der Waals surface area contributed by atoms with Crippen molar-refractivity contribution in [3.63, 3.8) is 0 Å². The zero-order chi connectivity index (χ0) is 15.2. The van der Waals surface area contributed by atoms with Gasteiger partial charge in [0.15, 0.2) is 0 Å². The molecular weight excluding hydrogens is 262 g/mol. The number of fused-ring (bicyclic) bond motifs is 1. The van der Waals surface area contributed by atoms with Crippen molar-refractivity contribution in [3.8, 4) is 0 Å². The van der Waals surface area contributed by atoms with Crippen LogP contribution >= 0.6 is 0 Å². The molecule has 0 aliphatic carbocycles. The summed E-state index contributed by atoms with van der Waals surface area (Å²) in [5.74, 6) is 0. The molecule has 2 heterocycles. The fraction of sp³-hybridized carbons (Fsp3) is 0.412. The topological polar surface area (TPSA) is 46.9 Å². The Balaban J connectivity index is 0.000000774. The van der Waals surface area contributed by atoms with Crippen LogP contribution in [0.3, 0.4) is 0 Å². The molecule has 21 heavy (non-hydrogen) atoms. The largest absolute Gasteiger partial charge is 0.312 e. The summed E-state index contributed by atoms with van der Waals surface area (Å²) in [6.07, 6.45) is 2.73.